The molecule has 0 radical (unpaired) electrons. The van der Waals surface area contributed by atoms with Crippen LogP contribution in [0.15, 0.2) is 53.4 Å². The van der Waals surface area contributed by atoms with Gasteiger partial charge in [0, 0.05) is 17.1 Å². The normalized spacial score (nSPS) is 19.8. The van der Waals surface area contributed by atoms with E-state index in [-0.39, 0.29) is 23.1 Å². The van der Waals surface area contributed by atoms with E-state index in [2.05, 4.69) is 15.4 Å². The highest BCUT2D eigenvalue weighted by Gasteiger charge is 2.42. The summed E-state index contributed by atoms with van der Waals surface area (Å²) in [7, 11) is -3.90. The second kappa shape index (κ2) is 9.40. The Bertz CT molecular complexity index is 1130. The Morgan fingerprint density at radius 3 is 2.31 bits per heavy atom. The van der Waals surface area contributed by atoms with Crippen molar-refractivity contribution in [3.63, 3.8) is 0 Å². The summed E-state index contributed by atoms with van der Waals surface area (Å²) in [5.41, 5.74) is 0.409. The zero-order valence-corrected chi connectivity index (χ0v) is 19.2. The number of piperidine rings is 1. The summed E-state index contributed by atoms with van der Waals surface area (Å²) >= 11 is 5.78. The molecule has 2 aromatic carbocycles. The molecule has 1 aliphatic rings. The first-order valence-corrected chi connectivity index (χ1v) is 12.0. The summed E-state index contributed by atoms with van der Waals surface area (Å²) in [6, 6.07) is 11.3. The number of hydrogen-bond acceptors (Lipinski definition) is 5. The number of nitrogens with one attached hydrogen (secondary N) is 3. The fraction of sp³-hybridized carbons (Fsp3) is 0.318. The predicted octanol–water partition coefficient (Wildman–Crippen LogP) is 2.73. The van der Waals surface area contributed by atoms with Crippen LogP contribution in [0.1, 0.15) is 38.7 Å². The number of halogens is 1. The van der Waals surface area contributed by atoms with Gasteiger partial charge >= 0.3 is 0 Å². The molecule has 32 heavy (non-hydrogen) atoms. The number of rotatable bonds is 7. The van der Waals surface area contributed by atoms with E-state index in [0.29, 0.717) is 23.6 Å². The number of anilines is 1. The number of imide groups is 1. The number of hydrogen-bond donors (Lipinski definition) is 3. The lowest BCUT2D eigenvalue weighted by Gasteiger charge is -2.35. The highest BCUT2D eigenvalue weighted by atomic mass is 35.5. The van der Waals surface area contributed by atoms with Crippen LogP contribution in [0.5, 0.6) is 0 Å². The molecule has 0 aliphatic carbocycles. The maximum absolute atomic E-state index is 12.5. The highest BCUT2D eigenvalue weighted by molar-refractivity contribution is 7.89. The molecular weight excluding hydrogens is 454 g/mol. The van der Waals surface area contributed by atoms with Gasteiger partial charge in [0.05, 0.1) is 16.4 Å². The summed E-state index contributed by atoms with van der Waals surface area (Å²) in [4.78, 5) is 36.5. The Hall–Kier alpha value is -2.75. The Morgan fingerprint density at radius 2 is 1.75 bits per heavy atom. The van der Waals surface area contributed by atoms with E-state index in [4.69, 9.17) is 11.6 Å². The van der Waals surface area contributed by atoms with Gasteiger partial charge in [-0.1, -0.05) is 30.7 Å². The van der Waals surface area contributed by atoms with Crippen molar-refractivity contribution in [3.8, 4) is 0 Å². The molecule has 0 aromatic heterocycles. The summed E-state index contributed by atoms with van der Waals surface area (Å²) in [6.07, 6.45) is 1.22. The second-order valence-electron chi connectivity index (χ2n) is 7.68. The molecule has 3 rings (SSSR count). The average Bonchev–Trinajstić information content (AvgIpc) is 2.75. The molecule has 0 spiro atoms. The lowest BCUT2D eigenvalue weighted by Crippen LogP contribution is -2.51. The maximum Gasteiger partial charge on any atom is 0.242 e. The Balaban J connectivity index is 1.68. The molecule has 0 bridgehead atoms. The van der Waals surface area contributed by atoms with Gasteiger partial charge in [-0.05, 0) is 61.7 Å². The Kier molecular flexibility index (Phi) is 7.02. The molecule has 1 unspecified atom stereocenters. The van der Waals surface area contributed by atoms with Gasteiger partial charge in [0.15, 0.2) is 0 Å². The van der Waals surface area contributed by atoms with E-state index >= 15 is 0 Å². The maximum atomic E-state index is 12.5. The first kappa shape index (κ1) is 23.9. The monoisotopic (exact) mass is 477 g/mol. The van der Waals surface area contributed by atoms with Gasteiger partial charge in [0.2, 0.25) is 27.7 Å². The SMILES string of the molecule is CCC1(c2ccc(NC(=O)[C@H](C)NS(=O)(=O)c3ccc(Cl)cc3)cc2)CCC(=O)NC1=O. The van der Waals surface area contributed by atoms with E-state index in [0.717, 1.165) is 5.56 Å². The quantitative estimate of drug-likeness (QED) is 0.529. The van der Waals surface area contributed by atoms with Crippen molar-refractivity contribution in [3.05, 3.63) is 59.1 Å². The lowest BCUT2D eigenvalue weighted by molar-refractivity contribution is -0.138. The minimum Gasteiger partial charge on any atom is -0.325 e. The Morgan fingerprint density at radius 1 is 1.12 bits per heavy atom. The molecule has 1 aliphatic heterocycles. The van der Waals surface area contributed by atoms with Gasteiger partial charge in [-0.3, -0.25) is 19.7 Å². The third-order valence-electron chi connectivity index (χ3n) is 5.62. The molecule has 8 nitrogen and oxygen atoms in total. The zero-order chi connectivity index (χ0) is 23.5. The molecule has 1 fully saturated rings. The molecule has 3 N–H and O–H groups in total. The van der Waals surface area contributed by atoms with Crippen LogP contribution in [0, 0.1) is 0 Å². The van der Waals surface area contributed by atoms with Gasteiger partial charge in [-0.25, -0.2) is 8.42 Å². The van der Waals surface area contributed by atoms with Crippen LogP contribution >= 0.6 is 11.6 Å². The number of carbonyl (C=O) groups excluding carboxylic acids is 3. The number of amides is 3. The van der Waals surface area contributed by atoms with Gasteiger partial charge in [-0.15, -0.1) is 0 Å². The standard InChI is InChI=1S/C22H24ClN3O5S/c1-3-22(13-12-19(27)25-21(22)29)15-4-8-17(9-5-15)24-20(28)14(2)26-32(30,31)18-10-6-16(23)7-11-18/h4-11,14,26H,3,12-13H2,1-2H3,(H,24,28)(H,25,27,29)/t14-,22?/m0/s1. The van der Waals surface area contributed by atoms with Gasteiger partial charge in [-0.2, -0.15) is 4.72 Å². The largest absolute Gasteiger partial charge is 0.325 e. The van der Waals surface area contributed by atoms with E-state index in [1.807, 2.05) is 6.92 Å². The fourth-order valence-electron chi connectivity index (χ4n) is 3.66. The van der Waals surface area contributed by atoms with E-state index in [1.54, 1.807) is 24.3 Å². The van der Waals surface area contributed by atoms with Crippen LogP contribution in [0.2, 0.25) is 5.02 Å². The van der Waals surface area contributed by atoms with Crippen molar-refractivity contribution in [1.82, 2.24) is 10.0 Å². The molecule has 2 atom stereocenters. The van der Waals surface area contributed by atoms with Gasteiger partial charge in [0.1, 0.15) is 0 Å². The van der Waals surface area contributed by atoms with Crippen molar-refractivity contribution in [2.24, 2.45) is 0 Å². The molecule has 170 valence electrons. The molecular formula is C22H24ClN3O5S. The van der Waals surface area contributed by atoms with Crippen molar-refractivity contribution in [1.29, 1.82) is 0 Å². The molecule has 2 aromatic rings. The lowest BCUT2D eigenvalue weighted by atomic mass is 9.72. The third kappa shape index (κ3) is 5.01. The fourth-order valence-corrected chi connectivity index (χ4v) is 4.99. The minimum absolute atomic E-state index is 0.00000625. The Labute approximate surface area is 191 Å². The second-order valence-corrected chi connectivity index (χ2v) is 9.83. The molecule has 1 heterocycles. The number of carbonyl (C=O) groups is 3. The number of benzene rings is 2. The predicted molar refractivity (Wildman–Crippen MR) is 121 cm³/mol. The highest BCUT2D eigenvalue weighted by Crippen LogP contribution is 2.36. The van der Waals surface area contributed by atoms with Crippen LogP contribution in [0.3, 0.4) is 0 Å². The smallest absolute Gasteiger partial charge is 0.242 e. The van der Waals surface area contributed by atoms with E-state index in [1.165, 1.54) is 31.2 Å². The summed E-state index contributed by atoms with van der Waals surface area (Å²) in [5, 5.41) is 5.46. The van der Waals surface area contributed by atoms with Gasteiger partial charge in [0.25, 0.3) is 0 Å². The summed E-state index contributed by atoms with van der Waals surface area (Å²) < 4.78 is 27.2. The zero-order valence-electron chi connectivity index (χ0n) is 17.6. The molecule has 0 saturated carbocycles. The van der Waals surface area contributed by atoms with Crippen LogP contribution in [0.25, 0.3) is 0 Å². The third-order valence-corrected chi connectivity index (χ3v) is 7.43. The van der Waals surface area contributed by atoms with Crippen molar-refractivity contribution >= 4 is 45.0 Å². The summed E-state index contributed by atoms with van der Waals surface area (Å²) in [6.45, 7) is 3.33. The summed E-state index contributed by atoms with van der Waals surface area (Å²) in [5.74, 6) is -1.14. The van der Waals surface area contributed by atoms with Crippen molar-refractivity contribution < 1.29 is 22.8 Å². The van der Waals surface area contributed by atoms with Crippen LogP contribution < -0.4 is 15.4 Å². The van der Waals surface area contributed by atoms with Crippen molar-refractivity contribution in [2.75, 3.05) is 5.32 Å². The van der Waals surface area contributed by atoms with Crippen LogP contribution in [-0.2, 0) is 29.8 Å². The van der Waals surface area contributed by atoms with Crippen molar-refractivity contribution in [2.45, 2.75) is 49.5 Å². The average molecular weight is 478 g/mol. The molecule has 3 amide bonds. The first-order chi connectivity index (χ1) is 15.1. The number of sulfonamides is 1. The topological polar surface area (TPSA) is 121 Å². The first-order valence-electron chi connectivity index (χ1n) is 10.1. The molecule has 10 heteroatoms. The van der Waals surface area contributed by atoms with E-state index < -0.39 is 27.4 Å². The van der Waals surface area contributed by atoms with Gasteiger partial charge < -0.3 is 5.32 Å². The minimum atomic E-state index is -3.90. The van der Waals surface area contributed by atoms with Crippen LogP contribution in [-0.4, -0.2) is 32.2 Å². The van der Waals surface area contributed by atoms with Crippen LogP contribution in [0.4, 0.5) is 5.69 Å². The van der Waals surface area contributed by atoms with E-state index in [9.17, 15) is 22.8 Å². The molecule has 1 saturated heterocycles.